The molecule has 3 aromatic carbocycles. The zero-order valence-electron chi connectivity index (χ0n) is 22.0. The van der Waals surface area contributed by atoms with Crippen molar-refractivity contribution in [1.29, 1.82) is 0 Å². The third kappa shape index (κ3) is 4.77. The smallest absolute Gasteiger partial charge is 0.338 e. The number of benzene rings is 3. The summed E-state index contributed by atoms with van der Waals surface area (Å²) in [6, 6.07) is 26.2. The molecule has 3 aromatic rings. The Balaban J connectivity index is 1.71. The highest BCUT2D eigenvalue weighted by atomic mass is 127. The van der Waals surface area contributed by atoms with Crippen LogP contribution in [0.5, 0.6) is 0 Å². The molecule has 6 atom stereocenters. The summed E-state index contributed by atoms with van der Waals surface area (Å²) in [7, 11) is 0. The number of carbonyl (C=O) groups excluding carboxylic acids is 2. The van der Waals surface area contributed by atoms with Crippen molar-refractivity contribution in [3.63, 3.8) is 0 Å². The van der Waals surface area contributed by atoms with E-state index in [4.69, 9.17) is 9.47 Å². The van der Waals surface area contributed by atoms with Gasteiger partial charge in [-0.15, -0.1) is 0 Å². The van der Waals surface area contributed by atoms with Crippen LogP contribution < -0.4 is 0 Å². The molecule has 0 bridgehead atoms. The monoisotopic (exact) mass is 744 g/mol. The zero-order valence-corrected chi connectivity index (χ0v) is 26.3. The van der Waals surface area contributed by atoms with Crippen molar-refractivity contribution >= 4 is 57.1 Å². The Morgan fingerprint density at radius 1 is 0.718 bits per heavy atom. The van der Waals surface area contributed by atoms with Gasteiger partial charge in [0.1, 0.15) is 0 Å². The first-order chi connectivity index (χ1) is 18.6. The lowest BCUT2D eigenvalue weighted by molar-refractivity contribution is -0.109. The first-order valence-electron chi connectivity index (χ1n) is 12.9. The summed E-state index contributed by atoms with van der Waals surface area (Å²) in [6.07, 6.45) is 7.03. The maximum absolute atomic E-state index is 13.7. The standard InChI is InChI=1S/C33H30I2O4/c1-22-14-10-11-19-25(22)33(35)26-20-12-13-21-31(26,2)32(3,34)27(38-29(36)23-15-6-4-7-16-23)28(33)39-30(37)24-17-8-5-9-18-24/h4-21,26-28H,1-3H3. The van der Waals surface area contributed by atoms with E-state index in [1.165, 1.54) is 0 Å². The third-order valence-corrected chi connectivity index (χ3v) is 11.9. The number of halogens is 2. The second kappa shape index (κ2) is 10.8. The van der Waals surface area contributed by atoms with Crippen molar-refractivity contribution in [2.75, 3.05) is 0 Å². The number of aryl methyl sites for hydroxylation is 1. The van der Waals surface area contributed by atoms with Gasteiger partial charge in [-0.05, 0) is 49.2 Å². The van der Waals surface area contributed by atoms with Crippen molar-refractivity contribution in [2.24, 2.45) is 11.3 Å². The van der Waals surface area contributed by atoms with Crippen LogP contribution in [-0.2, 0) is 12.9 Å². The van der Waals surface area contributed by atoms with E-state index in [-0.39, 0.29) is 5.92 Å². The molecule has 4 nitrogen and oxygen atoms in total. The van der Waals surface area contributed by atoms with Gasteiger partial charge in [0.15, 0.2) is 12.2 Å². The van der Waals surface area contributed by atoms with E-state index in [1.54, 1.807) is 24.3 Å². The van der Waals surface area contributed by atoms with Crippen LogP contribution in [0, 0.1) is 18.3 Å². The minimum absolute atomic E-state index is 0.0566. The highest BCUT2D eigenvalue weighted by Crippen LogP contribution is 2.66. The molecular weight excluding hydrogens is 714 g/mol. The molecule has 39 heavy (non-hydrogen) atoms. The first-order valence-corrected chi connectivity index (χ1v) is 15.1. The maximum Gasteiger partial charge on any atom is 0.338 e. The summed E-state index contributed by atoms with van der Waals surface area (Å²) in [6.45, 7) is 6.40. The van der Waals surface area contributed by atoms with Gasteiger partial charge >= 0.3 is 11.9 Å². The Bertz CT molecular complexity index is 1430. The Hall–Kier alpha value is -2.46. The molecule has 0 radical (unpaired) electrons. The molecule has 0 saturated heterocycles. The quantitative estimate of drug-likeness (QED) is 0.151. The van der Waals surface area contributed by atoms with Gasteiger partial charge in [0, 0.05) is 11.3 Å². The predicted molar refractivity (Wildman–Crippen MR) is 170 cm³/mol. The van der Waals surface area contributed by atoms with Crippen LogP contribution in [-0.4, -0.2) is 27.6 Å². The van der Waals surface area contributed by atoms with Gasteiger partial charge in [-0.1, -0.05) is 137 Å². The van der Waals surface area contributed by atoms with Gasteiger partial charge in [0.05, 0.1) is 18.0 Å². The highest BCUT2D eigenvalue weighted by Gasteiger charge is 2.70. The minimum atomic E-state index is -0.782. The fourth-order valence-electron chi connectivity index (χ4n) is 5.92. The Morgan fingerprint density at radius 2 is 1.23 bits per heavy atom. The molecule has 6 unspecified atom stereocenters. The summed E-state index contributed by atoms with van der Waals surface area (Å²) in [5, 5.41) is 0. The van der Waals surface area contributed by atoms with Crippen molar-refractivity contribution in [2.45, 2.75) is 39.8 Å². The average Bonchev–Trinajstić information content (AvgIpc) is 2.95. The van der Waals surface area contributed by atoms with Crippen LogP contribution in [0.25, 0.3) is 0 Å². The molecule has 0 spiro atoms. The van der Waals surface area contributed by atoms with Gasteiger partial charge in [0.2, 0.25) is 0 Å². The fraction of sp³-hybridized carbons (Fsp3) is 0.273. The number of carbonyl (C=O) groups is 2. The molecular formula is C33H30I2O4. The minimum Gasteiger partial charge on any atom is -0.453 e. The molecule has 0 N–H and O–H groups in total. The van der Waals surface area contributed by atoms with E-state index >= 15 is 0 Å². The summed E-state index contributed by atoms with van der Waals surface area (Å²) in [4.78, 5) is 27.2. The van der Waals surface area contributed by atoms with Gasteiger partial charge in [-0.3, -0.25) is 0 Å². The van der Waals surface area contributed by atoms with Gasteiger partial charge < -0.3 is 9.47 Å². The molecule has 0 aromatic heterocycles. The number of esters is 2. The van der Waals surface area contributed by atoms with Crippen molar-refractivity contribution in [3.8, 4) is 0 Å². The van der Waals surface area contributed by atoms with Crippen LogP contribution in [0.4, 0.5) is 0 Å². The maximum atomic E-state index is 13.7. The Labute approximate surface area is 257 Å². The summed E-state index contributed by atoms with van der Waals surface area (Å²) in [5.74, 6) is -0.939. The van der Waals surface area contributed by atoms with Crippen molar-refractivity contribution < 1.29 is 19.1 Å². The number of alkyl halides is 2. The van der Waals surface area contributed by atoms with E-state index in [2.05, 4.69) is 102 Å². The van der Waals surface area contributed by atoms with E-state index in [0.29, 0.717) is 11.1 Å². The number of rotatable bonds is 5. The van der Waals surface area contributed by atoms with E-state index < -0.39 is 36.4 Å². The number of hydrogen-bond donors (Lipinski definition) is 0. The second-order valence-electron chi connectivity index (χ2n) is 10.5. The first kappa shape index (κ1) is 28.1. The van der Waals surface area contributed by atoms with Crippen molar-refractivity contribution in [3.05, 3.63) is 131 Å². The Kier molecular flexibility index (Phi) is 7.81. The van der Waals surface area contributed by atoms with E-state index in [1.807, 2.05) is 48.5 Å². The second-order valence-corrected chi connectivity index (χ2v) is 14.6. The third-order valence-electron chi connectivity index (χ3n) is 8.28. The van der Waals surface area contributed by atoms with Crippen LogP contribution in [0.15, 0.2) is 109 Å². The lowest BCUT2D eigenvalue weighted by atomic mass is 9.53. The lowest BCUT2D eigenvalue weighted by Crippen LogP contribution is -2.70. The number of ether oxygens (including phenoxy) is 2. The number of hydrogen-bond acceptors (Lipinski definition) is 4. The Morgan fingerprint density at radius 3 is 1.79 bits per heavy atom. The topological polar surface area (TPSA) is 52.6 Å². The molecule has 0 amide bonds. The molecule has 0 heterocycles. The normalized spacial score (nSPS) is 31.3. The van der Waals surface area contributed by atoms with Crippen LogP contribution >= 0.6 is 45.2 Å². The SMILES string of the molecule is Cc1ccccc1C1(I)C(OC(=O)c2ccccc2)C(OC(=O)c2ccccc2)C(C)(I)C2(C)C=CC=CC12. The fourth-order valence-corrected chi connectivity index (χ4v) is 8.81. The van der Waals surface area contributed by atoms with Crippen molar-refractivity contribution in [1.82, 2.24) is 0 Å². The summed E-state index contributed by atoms with van der Waals surface area (Å²) >= 11 is 4.90. The highest BCUT2D eigenvalue weighted by molar-refractivity contribution is 14.1. The summed E-state index contributed by atoms with van der Waals surface area (Å²) in [5.41, 5.74) is 2.63. The van der Waals surface area contributed by atoms with E-state index in [0.717, 1.165) is 11.1 Å². The van der Waals surface area contributed by atoms with Gasteiger partial charge in [-0.2, -0.15) is 0 Å². The number of fused-ring (bicyclic) bond motifs is 1. The van der Waals surface area contributed by atoms with Gasteiger partial charge in [-0.25, -0.2) is 9.59 Å². The van der Waals surface area contributed by atoms with E-state index in [9.17, 15) is 9.59 Å². The van der Waals surface area contributed by atoms with Gasteiger partial charge in [0.25, 0.3) is 0 Å². The molecule has 2 aliphatic carbocycles. The molecule has 5 rings (SSSR count). The molecule has 200 valence electrons. The average molecular weight is 744 g/mol. The lowest BCUT2D eigenvalue weighted by Gasteiger charge is -2.62. The van der Waals surface area contributed by atoms with Crippen LogP contribution in [0.2, 0.25) is 0 Å². The largest absolute Gasteiger partial charge is 0.453 e. The molecule has 1 saturated carbocycles. The zero-order chi connectivity index (χ0) is 27.8. The van der Waals surface area contributed by atoms with Crippen LogP contribution in [0.3, 0.4) is 0 Å². The molecule has 2 aliphatic rings. The summed E-state index contributed by atoms with van der Waals surface area (Å²) < 4.78 is 11.6. The number of allylic oxidation sites excluding steroid dienone is 4. The molecule has 0 aliphatic heterocycles. The predicted octanol–water partition coefficient (Wildman–Crippen LogP) is 8.03. The van der Waals surface area contributed by atoms with Crippen LogP contribution in [0.1, 0.15) is 45.7 Å². The molecule has 1 fully saturated rings. The molecule has 6 heteroatoms.